The Balaban J connectivity index is 1.75. The number of hydrogen-bond acceptors (Lipinski definition) is 4. The fourth-order valence-corrected chi connectivity index (χ4v) is 2.89. The van der Waals surface area contributed by atoms with E-state index in [-0.39, 0.29) is 6.10 Å². The van der Waals surface area contributed by atoms with E-state index in [1.807, 2.05) is 24.3 Å². The van der Waals surface area contributed by atoms with Crippen LogP contribution in [0.1, 0.15) is 24.8 Å². The topological polar surface area (TPSA) is 56.8 Å². The first-order valence-corrected chi connectivity index (χ1v) is 6.89. The average molecular weight is 260 g/mol. The van der Waals surface area contributed by atoms with Crippen molar-refractivity contribution in [1.82, 2.24) is 0 Å². The molecule has 1 aliphatic carbocycles. The molecule has 3 rings (SSSR count). The van der Waals surface area contributed by atoms with E-state index in [4.69, 9.17) is 20.2 Å². The summed E-state index contributed by atoms with van der Waals surface area (Å²) in [7, 11) is 1.67. The minimum atomic E-state index is 0.250. The van der Waals surface area contributed by atoms with Crippen molar-refractivity contribution < 1.29 is 9.47 Å². The van der Waals surface area contributed by atoms with Crippen molar-refractivity contribution in [1.29, 1.82) is 0 Å². The third kappa shape index (κ3) is 2.45. The second-order valence-corrected chi connectivity index (χ2v) is 5.30. The number of aliphatic imine (C=N–C) groups is 1. The number of nitrogens with two attached hydrogens (primary N) is 1. The highest BCUT2D eigenvalue weighted by molar-refractivity contribution is 5.95. The molecule has 4 heteroatoms. The highest BCUT2D eigenvalue weighted by atomic mass is 16.5. The summed E-state index contributed by atoms with van der Waals surface area (Å²) in [5.74, 6) is 2.22. The van der Waals surface area contributed by atoms with Gasteiger partial charge in [-0.15, -0.1) is 0 Å². The van der Waals surface area contributed by atoms with Crippen LogP contribution in [-0.4, -0.2) is 31.7 Å². The standard InChI is InChI=1S/C15H20N2O2/c1-18-12-5-3-11(4-6-12)15-17-13-8-10(9-16)2-7-14(13)19-15/h3-6,10,13-14H,2,7-9,16H2,1H3. The summed E-state index contributed by atoms with van der Waals surface area (Å²) >= 11 is 0. The largest absolute Gasteiger partial charge is 0.497 e. The minimum Gasteiger partial charge on any atom is -0.497 e. The van der Waals surface area contributed by atoms with Crippen LogP contribution in [0.15, 0.2) is 29.3 Å². The van der Waals surface area contributed by atoms with Gasteiger partial charge in [0.1, 0.15) is 11.9 Å². The van der Waals surface area contributed by atoms with Crippen LogP contribution < -0.4 is 10.5 Å². The van der Waals surface area contributed by atoms with E-state index < -0.39 is 0 Å². The summed E-state index contributed by atoms with van der Waals surface area (Å²) in [6.07, 6.45) is 3.53. The molecule has 2 aliphatic rings. The van der Waals surface area contributed by atoms with E-state index in [0.717, 1.165) is 43.0 Å². The predicted molar refractivity (Wildman–Crippen MR) is 74.6 cm³/mol. The molecule has 1 aromatic rings. The van der Waals surface area contributed by atoms with Gasteiger partial charge in [-0.25, -0.2) is 4.99 Å². The lowest BCUT2D eigenvalue weighted by Gasteiger charge is -2.28. The van der Waals surface area contributed by atoms with Gasteiger partial charge in [-0.1, -0.05) is 0 Å². The molecule has 1 aliphatic heterocycles. The van der Waals surface area contributed by atoms with E-state index in [1.54, 1.807) is 7.11 Å². The number of rotatable bonds is 3. The smallest absolute Gasteiger partial charge is 0.216 e. The van der Waals surface area contributed by atoms with Crippen LogP contribution >= 0.6 is 0 Å². The first kappa shape index (κ1) is 12.5. The number of fused-ring (bicyclic) bond motifs is 1. The van der Waals surface area contributed by atoms with Crippen molar-refractivity contribution in [2.45, 2.75) is 31.4 Å². The van der Waals surface area contributed by atoms with Crippen molar-refractivity contribution in [3.05, 3.63) is 29.8 Å². The van der Waals surface area contributed by atoms with Gasteiger partial charge in [0, 0.05) is 5.56 Å². The van der Waals surface area contributed by atoms with Gasteiger partial charge in [-0.2, -0.15) is 0 Å². The Morgan fingerprint density at radius 2 is 2.11 bits per heavy atom. The number of ether oxygens (including phenoxy) is 2. The Morgan fingerprint density at radius 1 is 1.32 bits per heavy atom. The summed E-state index contributed by atoms with van der Waals surface area (Å²) in [5.41, 5.74) is 6.79. The Morgan fingerprint density at radius 3 is 2.79 bits per heavy atom. The van der Waals surface area contributed by atoms with Gasteiger partial charge in [0.25, 0.3) is 0 Å². The summed E-state index contributed by atoms with van der Waals surface area (Å²) in [6, 6.07) is 8.15. The molecule has 1 fully saturated rings. The highest BCUT2D eigenvalue weighted by Gasteiger charge is 2.36. The van der Waals surface area contributed by atoms with Crippen LogP contribution in [0.5, 0.6) is 5.75 Å². The molecule has 1 aromatic carbocycles. The van der Waals surface area contributed by atoms with Gasteiger partial charge >= 0.3 is 0 Å². The van der Waals surface area contributed by atoms with E-state index in [2.05, 4.69) is 0 Å². The molecule has 0 bridgehead atoms. The van der Waals surface area contributed by atoms with Gasteiger partial charge < -0.3 is 15.2 Å². The second kappa shape index (κ2) is 5.21. The molecule has 3 unspecified atom stereocenters. The van der Waals surface area contributed by atoms with Crippen molar-refractivity contribution in [2.24, 2.45) is 16.6 Å². The molecule has 4 nitrogen and oxygen atoms in total. The first-order chi connectivity index (χ1) is 9.30. The quantitative estimate of drug-likeness (QED) is 0.904. The van der Waals surface area contributed by atoms with E-state index in [1.165, 1.54) is 0 Å². The molecule has 0 spiro atoms. The number of nitrogens with zero attached hydrogens (tertiary/aromatic N) is 1. The zero-order valence-corrected chi connectivity index (χ0v) is 11.2. The molecule has 0 saturated heterocycles. The first-order valence-electron chi connectivity index (χ1n) is 6.89. The zero-order valence-electron chi connectivity index (χ0n) is 11.2. The van der Waals surface area contributed by atoms with Crippen molar-refractivity contribution in [3.63, 3.8) is 0 Å². The number of methoxy groups -OCH3 is 1. The van der Waals surface area contributed by atoms with E-state index in [0.29, 0.717) is 12.0 Å². The van der Waals surface area contributed by atoms with Crippen molar-refractivity contribution in [3.8, 4) is 5.75 Å². The van der Waals surface area contributed by atoms with Crippen molar-refractivity contribution in [2.75, 3.05) is 13.7 Å². The molecule has 3 atom stereocenters. The second-order valence-electron chi connectivity index (χ2n) is 5.30. The van der Waals surface area contributed by atoms with Gasteiger partial charge in [-0.05, 0) is 56.0 Å². The zero-order chi connectivity index (χ0) is 13.2. The third-order valence-corrected chi connectivity index (χ3v) is 4.08. The third-order valence-electron chi connectivity index (χ3n) is 4.08. The Hall–Kier alpha value is -1.55. The van der Waals surface area contributed by atoms with E-state index in [9.17, 15) is 0 Å². The van der Waals surface area contributed by atoms with Crippen LogP contribution in [0.4, 0.5) is 0 Å². The summed E-state index contributed by atoms with van der Waals surface area (Å²) in [5, 5.41) is 0. The maximum atomic E-state index is 5.99. The lowest BCUT2D eigenvalue weighted by molar-refractivity contribution is 0.130. The van der Waals surface area contributed by atoms with Crippen LogP contribution in [0, 0.1) is 5.92 Å². The highest BCUT2D eigenvalue weighted by Crippen LogP contribution is 2.33. The molecule has 1 heterocycles. The number of benzene rings is 1. The van der Waals surface area contributed by atoms with Crippen LogP contribution in [0.3, 0.4) is 0 Å². The monoisotopic (exact) mass is 260 g/mol. The van der Waals surface area contributed by atoms with Gasteiger partial charge in [0.2, 0.25) is 5.90 Å². The molecular weight excluding hydrogens is 240 g/mol. The number of hydrogen-bond donors (Lipinski definition) is 1. The summed E-state index contributed by atoms with van der Waals surface area (Å²) in [4.78, 5) is 4.73. The summed E-state index contributed by atoms with van der Waals surface area (Å²) in [6.45, 7) is 0.761. The van der Waals surface area contributed by atoms with Crippen LogP contribution in [-0.2, 0) is 4.74 Å². The Labute approximate surface area is 113 Å². The van der Waals surface area contributed by atoms with Crippen LogP contribution in [0.2, 0.25) is 0 Å². The maximum Gasteiger partial charge on any atom is 0.216 e. The fourth-order valence-electron chi connectivity index (χ4n) is 2.89. The molecule has 102 valence electrons. The van der Waals surface area contributed by atoms with E-state index >= 15 is 0 Å². The Bertz CT molecular complexity index is 470. The maximum absolute atomic E-state index is 5.99. The minimum absolute atomic E-state index is 0.250. The normalized spacial score (nSPS) is 29.4. The molecule has 1 saturated carbocycles. The predicted octanol–water partition coefficient (Wildman–Crippen LogP) is 1.97. The van der Waals surface area contributed by atoms with Gasteiger partial charge in [-0.3, -0.25) is 0 Å². The lowest BCUT2D eigenvalue weighted by Crippen LogP contribution is -2.33. The summed E-state index contributed by atoms with van der Waals surface area (Å²) < 4.78 is 11.1. The molecular formula is C15H20N2O2. The molecule has 0 amide bonds. The van der Waals surface area contributed by atoms with Crippen molar-refractivity contribution >= 4 is 5.90 Å². The van der Waals surface area contributed by atoms with Crippen LogP contribution in [0.25, 0.3) is 0 Å². The SMILES string of the molecule is COc1ccc(C2=NC3CC(CN)CCC3O2)cc1. The Kier molecular flexibility index (Phi) is 3.42. The van der Waals surface area contributed by atoms with Gasteiger partial charge in [0.05, 0.1) is 13.2 Å². The van der Waals surface area contributed by atoms with Gasteiger partial charge in [0.15, 0.2) is 0 Å². The molecule has 2 N–H and O–H groups in total. The fraction of sp³-hybridized carbons (Fsp3) is 0.533. The molecule has 0 aromatic heterocycles. The molecule has 0 radical (unpaired) electrons. The molecule has 19 heavy (non-hydrogen) atoms. The average Bonchev–Trinajstić information content (AvgIpc) is 2.90. The lowest BCUT2D eigenvalue weighted by atomic mass is 9.84.